The molecule has 2 N–H and O–H groups in total. The topological polar surface area (TPSA) is 92.2 Å². The fourth-order valence-corrected chi connectivity index (χ4v) is 3.20. The maximum Gasteiger partial charge on any atom is 0.261 e. The zero-order chi connectivity index (χ0) is 17.8. The second-order valence-corrected chi connectivity index (χ2v) is 6.41. The zero-order valence-corrected chi connectivity index (χ0v) is 14.3. The van der Waals surface area contributed by atoms with Gasteiger partial charge in [0.2, 0.25) is 0 Å². The van der Waals surface area contributed by atoms with Gasteiger partial charge in [0.25, 0.3) is 11.5 Å². The molecule has 0 bridgehead atoms. The van der Waals surface area contributed by atoms with Gasteiger partial charge in [-0.3, -0.25) is 14.4 Å². The van der Waals surface area contributed by atoms with Gasteiger partial charge in [-0.15, -0.1) is 0 Å². The summed E-state index contributed by atoms with van der Waals surface area (Å²) in [4.78, 5) is 39.7. The Labute approximate surface area is 145 Å². The molecule has 1 aliphatic rings. The van der Waals surface area contributed by atoms with Gasteiger partial charge in [-0.25, -0.2) is 0 Å². The molecule has 0 fully saturated rings. The highest BCUT2D eigenvalue weighted by atomic mass is 16.3. The first-order valence-corrected chi connectivity index (χ1v) is 8.71. The van der Waals surface area contributed by atoms with Crippen molar-refractivity contribution in [1.82, 2.24) is 10.3 Å². The molecule has 1 aliphatic carbocycles. The number of H-pyrrole nitrogens is 1. The number of fused-ring (bicyclic) bond motifs is 1. The molecule has 0 unspecified atom stereocenters. The Morgan fingerprint density at radius 3 is 2.88 bits per heavy atom. The van der Waals surface area contributed by atoms with Crippen LogP contribution in [0.25, 0.3) is 0 Å². The van der Waals surface area contributed by atoms with Crippen LogP contribution in [0, 0.1) is 0 Å². The van der Waals surface area contributed by atoms with Crippen molar-refractivity contribution in [2.75, 3.05) is 6.54 Å². The minimum Gasteiger partial charge on any atom is -0.469 e. The van der Waals surface area contributed by atoms with Crippen LogP contribution < -0.4 is 10.9 Å². The third kappa shape index (κ3) is 3.73. The lowest BCUT2D eigenvalue weighted by Gasteiger charge is -2.22. The maximum atomic E-state index is 12.5. The third-order valence-corrected chi connectivity index (χ3v) is 4.56. The number of nitrogens with one attached hydrogen (secondary N) is 2. The molecular weight excluding hydrogens is 320 g/mol. The molecule has 2 aromatic rings. The first kappa shape index (κ1) is 17.2. The zero-order valence-electron chi connectivity index (χ0n) is 14.3. The number of carbonyl (C=O) groups excluding carboxylic acids is 2. The van der Waals surface area contributed by atoms with Crippen LogP contribution in [0.5, 0.6) is 0 Å². The van der Waals surface area contributed by atoms with Crippen LogP contribution in [0.3, 0.4) is 0 Å². The van der Waals surface area contributed by atoms with Gasteiger partial charge in [0.05, 0.1) is 6.26 Å². The first-order chi connectivity index (χ1) is 12.1. The largest absolute Gasteiger partial charge is 0.469 e. The average molecular weight is 342 g/mol. The van der Waals surface area contributed by atoms with Crippen molar-refractivity contribution < 1.29 is 14.0 Å². The molecule has 1 amide bonds. The van der Waals surface area contributed by atoms with Crippen molar-refractivity contribution in [3.63, 3.8) is 0 Å². The standard InChI is InChI=1S/C19H22N2O4/c1-2-3-4-7-20-18(23)14-11-13-15(21-19(14)24)9-12(10-16(13)22)17-6-5-8-25-17/h5-6,8,11-12H,2-4,7,9-10H2,1H3,(H,20,23)(H,21,24)/t12-/m1/s1. The number of ketones is 1. The van der Waals surface area contributed by atoms with Crippen LogP contribution >= 0.6 is 0 Å². The van der Waals surface area contributed by atoms with Crippen LogP contribution in [0.4, 0.5) is 0 Å². The van der Waals surface area contributed by atoms with Crippen molar-refractivity contribution in [1.29, 1.82) is 0 Å². The third-order valence-electron chi connectivity index (χ3n) is 4.56. The van der Waals surface area contributed by atoms with Gasteiger partial charge in [-0.05, 0) is 31.0 Å². The Balaban J connectivity index is 1.80. The summed E-state index contributed by atoms with van der Waals surface area (Å²) in [6.07, 6.45) is 5.35. The normalized spacial score (nSPS) is 16.5. The van der Waals surface area contributed by atoms with E-state index in [1.165, 1.54) is 6.07 Å². The first-order valence-electron chi connectivity index (χ1n) is 8.71. The highest BCUT2D eigenvalue weighted by Gasteiger charge is 2.30. The van der Waals surface area contributed by atoms with Gasteiger partial charge in [-0.2, -0.15) is 0 Å². The van der Waals surface area contributed by atoms with Crippen molar-refractivity contribution in [2.45, 2.75) is 44.9 Å². The van der Waals surface area contributed by atoms with E-state index in [9.17, 15) is 14.4 Å². The van der Waals surface area contributed by atoms with Crippen molar-refractivity contribution in [2.24, 2.45) is 0 Å². The minimum absolute atomic E-state index is 0.0000436. The number of amides is 1. The number of Topliss-reactive ketones (excluding diaryl/α,β-unsaturated/α-hetero) is 1. The van der Waals surface area contributed by atoms with Crippen LogP contribution in [0.1, 0.15) is 70.7 Å². The second kappa shape index (κ2) is 7.51. The lowest BCUT2D eigenvalue weighted by Crippen LogP contribution is -2.33. The molecule has 0 radical (unpaired) electrons. The maximum absolute atomic E-state index is 12.5. The van der Waals surface area contributed by atoms with Crippen LogP contribution in [0.15, 0.2) is 33.7 Å². The highest BCUT2D eigenvalue weighted by molar-refractivity contribution is 6.02. The Morgan fingerprint density at radius 1 is 1.32 bits per heavy atom. The minimum atomic E-state index is -0.459. The van der Waals surface area contributed by atoms with E-state index in [0.29, 0.717) is 30.6 Å². The Morgan fingerprint density at radius 2 is 2.16 bits per heavy atom. The quantitative estimate of drug-likeness (QED) is 0.790. The molecule has 0 spiro atoms. The SMILES string of the molecule is CCCCCNC(=O)c1cc2c([nH]c1=O)C[C@@H](c1ccco1)CC2=O. The number of carbonyl (C=O) groups is 2. The van der Waals surface area contributed by atoms with Crippen molar-refractivity contribution in [3.05, 3.63) is 57.4 Å². The summed E-state index contributed by atoms with van der Waals surface area (Å²) in [5, 5.41) is 2.74. The van der Waals surface area contributed by atoms with Gasteiger partial charge < -0.3 is 14.7 Å². The van der Waals surface area contributed by atoms with Crippen LogP contribution in [-0.2, 0) is 6.42 Å². The summed E-state index contributed by atoms with van der Waals surface area (Å²) in [5.74, 6) is 0.136. The molecule has 25 heavy (non-hydrogen) atoms. The number of rotatable bonds is 6. The molecule has 1 atom stereocenters. The van der Waals surface area contributed by atoms with E-state index in [1.807, 2.05) is 6.07 Å². The van der Waals surface area contributed by atoms with E-state index in [4.69, 9.17) is 4.42 Å². The molecule has 0 aliphatic heterocycles. The number of unbranched alkanes of at least 4 members (excludes halogenated alkanes) is 2. The van der Waals surface area contributed by atoms with E-state index >= 15 is 0 Å². The summed E-state index contributed by atoms with van der Waals surface area (Å²) >= 11 is 0. The van der Waals surface area contributed by atoms with Crippen molar-refractivity contribution in [3.8, 4) is 0 Å². The lowest BCUT2D eigenvalue weighted by atomic mass is 9.84. The molecule has 2 heterocycles. The van der Waals surface area contributed by atoms with E-state index in [2.05, 4.69) is 17.2 Å². The van der Waals surface area contributed by atoms with E-state index in [1.54, 1.807) is 12.3 Å². The monoisotopic (exact) mass is 342 g/mol. The van der Waals surface area contributed by atoms with Crippen molar-refractivity contribution >= 4 is 11.7 Å². The van der Waals surface area contributed by atoms with E-state index in [0.717, 1.165) is 25.0 Å². The fraction of sp³-hybridized carbons (Fsp3) is 0.421. The Hall–Kier alpha value is -2.63. The van der Waals surface area contributed by atoms with Crippen LogP contribution in [0.2, 0.25) is 0 Å². The van der Waals surface area contributed by atoms with Gasteiger partial charge in [0.1, 0.15) is 11.3 Å². The van der Waals surface area contributed by atoms with Gasteiger partial charge in [0.15, 0.2) is 5.78 Å². The van der Waals surface area contributed by atoms with E-state index in [-0.39, 0.29) is 17.3 Å². The summed E-state index contributed by atoms with van der Waals surface area (Å²) in [5.41, 5.74) is 0.547. The average Bonchev–Trinajstić information content (AvgIpc) is 3.12. The summed E-state index contributed by atoms with van der Waals surface area (Å²) < 4.78 is 5.38. The van der Waals surface area contributed by atoms with E-state index < -0.39 is 11.5 Å². The number of aromatic nitrogens is 1. The summed E-state index contributed by atoms with van der Waals surface area (Å²) in [6.45, 7) is 2.61. The highest BCUT2D eigenvalue weighted by Crippen LogP contribution is 2.31. The molecule has 2 aromatic heterocycles. The fourth-order valence-electron chi connectivity index (χ4n) is 3.20. The number of aromatic amines is 1. The van der Waals surface area contributed by atoms with Gasteiger partial charge >= 0.3 is 0 Å². The smallest absolute Gasteiger partial charge is 0.261 e. The number of hydrogen-bond acceptors (Lipinski definition) is 4. The summed E-state index contributed by atoms with van der Waals surface area (Å²) in [7, 11) is 0. The number of pyridine rings is 1. The van der Waals surface area contributed by atoms with Crippen LogP contribution in [-0.4, -0.2) is 23.2 Å². The predicted octanol–water partition coefficient (Wildman–Crippen LogP) is 2.80. The Kier molecular flexibility index (Phi) is 5.16. The molecule has 0 saturated heterocycles. The molecular formula is C19H22N2O4. The number of furan rings is 1. The molecule has 0 saturated carbocycles. The van der Waals surface area contributed by atoms with Gasteiger partial charge in [-0.1, -0.05) is 19.8 Å². The molecule has 6 nitrogen and oxygen atoms in total. The molecule has 132 valence electrons. The molecule has 6 heteroatoms. The number of hydrogen-bond donors (Lipinski definition) is 2. The molecule has 3 rings (SSSR count). The molecule has 0 aromatic carbocycles. The summed E-state index contributed by atoms with van der Waals surface area (Å²) in [6, 6.07) is 5.05. The predicted molar refractivity (Wildman–Crippen MR) is 93.0 cm³/mol. The van der Waals surface area contributed by atoms with Gasteiger partial charge in [0, 0.05) is 30.1 Å². The lowest BCUT2D eigenvalue weighted by molar-refractivity contribution is 0.0951. The Bertz CT molecular complexity index is 820. The second-order valence-electron chi connectivity index (χ2n) is 6.41.